The number of ether oxygens (including phenoxy) is 1. The lowest BCUT2D eigenvalue weighted by molar-refractivity contribution is -0.142. The zero-order chi connectivity index (χ0) is 20.2. The molecule has 4 rings (SSSR count). The van der Waals surface area contributed by atoms with Gasteiger partial charge in [0.15, 0.2) is 10.9 Å². The molecule has 0 spiro atoms. The van der Waals surface area contributed by atoms with E-state index in [-0.39, 0.29) is 18.3 Å². The number of thiazole rings is 1. The summed E-state index contributed by atoms with van der Waals surface area (Å²) in [7, 11) is 0. The Bertz CT molecular complexity index is 1170. The highest BCUT2D eigenvalue weighted by Crippen LogP contribution is 2.26. The van der Waals surface area contributed by atoms with Crippen LogP contribution in [0.15, 0.2) is 58.5 Å². The van der Waals surface area contributed by atoms with E-state index in [1.807, 2.05) is 24.3 Å². The van der Waals surface area contributed by atoms with Gasteiger partial charge in [0.1, 0.15) is 5.69 Å². The zero-order valence-electron chi connectivity index (χ0n) is 15.5. The van der Waals surface area contributed by atoms with Gasteiger partial charge in [0.25, 0.3) is 5.91 Å². The van der Waals surface area contributed by atoms with Gasteiger partial charge in [-0.2, -0.15) is 0 Å². The molecule has 0 radical (unpaired) electrons. The molecule has 0 aliphatic carbocycles. The second-order valence-electron chi connectivity index (χ2n) is 6.13. The molecule has 4 aromatic rings. The molecule has 146 valence electrons. The van der Waals surface area contributed by atoms with E-state index >= 15 is 0 Å². The molecule has 0 saturated carbocycles. The number of carbonyl (C=O) groups is 2. The lowest BCUT2D eigenvalue weighted by atomic mass is 10.1. The average Bonchev–Trinajstić information content (AvgIpc) is 3.39. The van der Waals surface area contributed by atoms with E-state index < -0.39 is 0 Å². The number of fused-ring (bicyclic) bond motifs is 1. The van der Waals surface area contributed by atoms with E-state index in [4.69, 9.17) is 9.15 Å². The number of para-hydroxylation sites is 1. The Balaban J connectivity index is 1.62. The smallest absolute Gasteiger partial charge is 0.311 e. The molecular formula is C21H17N3O4S. The number of hydrogen-bond donors (Lipinski definition) is 1. The number of nitrogens with zero attached hydrogens (tertiary/aromatic N) is 2. The van der Waals surface area contributed by atoms with Crippen LogP contribution >= 0.6 is 11.3 Å². The van der Waals surface area contributed by atoms with Crippen LogP contribution in [0.25, 0.3) is 22.4 Å². The highest BCUT2D eigenvalue weighted by molar-refractivity contribution is 7.14. The van der Waals surface area contributed by atoms with E-state index in [2.05, 4.69) is 15.3 Å². The molecule has 0 aliphatic rings. The number of anilines is 1. The number of carbonyl (C=O) groups excluding carboxylic acids is 2. The predicted molar refractivity (Wildman–Crippen MR) is 110 cm³/mol. The first-order chi connectivity index (χ1) is 14.1. The van der Waals surface area contributed by atoms with Gasteiger partial charge in [0.2, 0.25) is 0 Å². The fourth-order valence-corrected chi connectivity index (χ4v) is 3.59. The van der Waals surface area contributed by atoms with Gasteiger partial charge < -0.3 is 9.15 Å². The van der Waals surface area contributed by atoms with Crippen LogP contribution in [0.4, 0.5) is 5.13 Å². The van der Waals surface area contributed by atoms with Gasteiger partial charge in [0, 0.05) is 10.8 Å². The maximum absolute atomic E-state index is 13.0. The second kappa shape index (κ2) is 8.24. The first kappa shape index (κ1) is 18.8. The van der Waals surface area contributed by atoms with Gasteiger partial charge >= 0.3 is 5.97 Å². The van der Waals surface area contributed by atoms with E-state index in [0.717, 1.165) is 5.39 Å². The third-order valence-corrected chi connectivity index (χ3v) is 4.94. The van der Waals surface area contributed by atoms with Crippen molar-refractivity contribution in [1.82, 2.24) is 9.97 Å². The fraction of sp³-hybridized carbons (Fsp3) is 0.143. The van der Waals surface area contributed by atoms with Crippen LogP contribution in [0.2, 0.25) is 0 Å². The largest absolute Gasteiger partial charge is 0.466 e. The maximum Gasteiger partial charge on any atom is 0.311 e. The lowest BCUT2D eigenvalue weighted by Gasteiger charge is -2.08. The Hall–Kier alpha value is -3.52. The monoisotopic (exact) mass is 407 g/mol. The summed E-state index contributed by atoms with van der Waals surface area (Å²) in [5, 5.41) is 5.67. The number of furan rings is 1. The van der Waals surface area contributed by atoms with Gasteiger partial charge in [-0.3, -0.25) is 14.9 Å². The van der Waals surface area contributed by atoms with Crippen LogP contribution in [0.3, 0.4) is 0 Å². The highest BCUT2D eigenvalue weighted by atomic mass is 32.1. The molecule has 7 nitrogen and oxygen atoms in total. The van der Waals surface area contributed by atoms with Crippen LogP contribution in [-0.2, 0) is 16.0 Å². The minimum absolute atomic E-state index is 0.0705. The molecule has 0 aliphatic heterocycles. The van der Waals surface area contributed by atoms with Crippen LogP contribution in [0, 0.1) is 0 Å². The lowest BCUT2D eigenvalue weighted by Crippen LogP contribution is -2.13. The number of esters is 1. The van der Waals surface area contributed by atoms with Crippen LogP contribution in [-0.4, -0.2) is 28.5 Å². The molecule has 1 aromatic carbocycles. The van der Waals surface area contributed by atoms with E-state index in [1.54, 1.807) is 36.8 Å². The first-order valence-electron chi connectivity index (χ1n) is 8.99. The van der Waals surface area contributed by atoms with E-state index in [9.17, 15) is 9.59 Å². The molecule has 3 heterocycles. The molecule has 0 fully saturated rings. The minimum atomic E-state index is -0.348. The molecule has 1 amide bonds. The van der Waals surface area contributed by atoms with Gasteiger partial charge in [-0.25, -0.2) is 9.97 Å². The fourth-order valence-electron chi connectivity index (χ4n) is 2.88. The standard InChI is InChI=1S/C21H17N3O4S/c1-2-27-19(25)10-13-12-29-21(22-13)24-20(26)15-11-17(18-8-5-9-28-18)23-16-7-4-3-6-14(15)16/h3-9,11-12H,2,10H2,1H3,(H,22,24,26). The van der Waals surface area contributed by atoms with Gasteiger partial charge in [-0.1, -0.05) is 18.2 Å². The average molecular weight is 407 g/mol. The molecule has 8 heteroatoms. The van der Waals surface area contributed by atoms with Crippen molar-refractivity contribution in [3.63, 3.8) is 0 Å². The topological polar surface area (TPSA) is 94.3 Å². The highest BCUT2D eigenvalue weighted by Gasteiger charge is 2.17. The molecule has 0 saturated heterocycles. The summed E-state index contributed by atoms with van der Waals surface area (Å²) >= 11 is 1.25. The van der Waals surface area contributed by atoms with Crippen LogP contribution in [0.5, 0.6) is 0 Å². The zero-order valence-corrected chi connectivity index (χ0v) is 16.4. The SMILES string of the molecule is CCOC(=O)Cc1csc(NC(=O)c2cc(-c3ccco3)nc3ccccc23)n1. The minimum Gasteiger partial charge on any atom is -0.466 e. The third kappa shape index (κ3) is 4.17. The summed E-state index contributed by atoms with van der Waals surface area (Å²) in [6.07, 6.45) is 1.63. The van der Waals surface area contributed by atoms with Gasteiger partial charge in [-0.15, -0.1) is 11.3 Å². The Labute approximate surface area is 170 Å². The number of nitrogens with one attached hydrogen (secondary N) is 1. The van der Waals surface area contributed by atoms with Crippen molar-refractivity contribution in [2.75, 3.05) is 11.9 Å². The molecule has 0 atom stereocenters. The van der Waals surface area contributed by atoms with Crippen LogP contribution < -0.4 is 5.32 Å². The summed E-state index contributed by atoms with van der Waals surface area (Å²) in [5.41, 5.74) is 2.28. The number of rotatable bonds is 6. The quantitative estimate of drug-likeness (QED) is 0.479. The number of pyridine rings is 1. The van der Waals surface area contributed by atoms with E-state index in [0.29, 0.717) is 40.0 Å². The number of hydrogen-bond acceptors (Lipinski definition) is 7. The molecule has 29 heavy (non-hydrogen) atoms. The van der Waals surface area contributed by atoms with Crippen molar-refractivity contribution in [2.45, 2.75) is 13.3 Å². The molecule has 0 bridgehead atoms. The number of aromatic nitrogens is 2. The number of benzene rings is 1. The predicted octanol–water partition coefficient (Wildman–Crippen LogP) is 4.31. The molecule has 1 N–H and O–H groups in total. The van der Waals surface area contributed by atoms with Crippen molar-refractivity contribution < 1.29 is 18.7 Å². The third-order valence-electron chi connectivity index (χ3n) is 4.14. The summed E-state index contributed by atoms with van der Waals surface area (Å²) in [5.74, 6) is -0.0805. The van der Waals surface area contributed by atoms with Crippen molar-refractivity contribution in [3.8, 4) is 11.5 Å². The number of amides is 1. The summed E-state index contributed by atoms with van der Waals surface area (Å²) < 4.78 is 10.4. The molecule has 3 aromatic heterocycles. The Morgan fingerprint density at radius 1 is 1.17 bits per heavy atom. The maximum atomic E-state index is 13.0. The Morgan fingerprint density at radius 2 is 2.03 bits per heavy atom. The van der Waals surface area contributed by atoms with Crippen molar-refractivity contribution in [1.29, 1.82) is 0 Å². The first-order valence-corrected chi connectivity index (χ1v) is 9.87. The van der Waals surface area contributed by atoms with Crippen molar-refractivity contribution >= 4 is 39.2 Å². The molecular weight excluding hydrogens is 390 g/mol. The normalized spacial score (nSPS) is 10.8. The summed E-state index contributed by atoms with van der Waals surface area (Å²) in [4.78, 5) is 33.5. The van der Waals surface area contributed by atoms with Gasteiger partial charge in [0.05, 0.1) is 36.1 Å². The second-order valence-corrected chi connectivity index (χ2v) is 6.99. The van der Waals surface area contributed by atoms with E-state index in [1.165, 1.54) is 11.3 Å². The summed E-state index contributed by atoms with van der Waals surface area (Å²) in [6, 6.07) is 12.7. The Kier molecular flexibility index (Phi) is 5.35. The van der Waals surface area contributed by atoms with Crippen LogP contribution in [0.1, 0.15) is 23.0 Å². The van der Waals surface area contributed by atoms with Crippen molar-refractivity contribution in [3.05, 3.63) is 65.4 Å². The van der Waals surface area contributed by atoms with Crippen molar-refractivity contribution in [2.24, 2.45) is 0 Å². The summed E-state index contributed by atoms with van der Waals surface area (Å²) in [6.45, 7) is 2.07. The Morgan fingerprint density at radius 3 is 2.83 bits per heavy atom. The molecule has 0 unspecified atom stereocenters. The van der Waals surface area contributed by atoms with Gasteiger partial charge in [-0.05, 0) is 31.2 Å².